The Labute approximate surface area is 175 Å². The zero-order valence-electron chi connectivity index (χ0n) is 17.2. The molecule has 0 atom stereocenters. The van der Waals surface area contributed by atoms with Crippen LogP contribution in [0.1, 0.15) is 12.8 Å². The van der Waals surface area contributed by atoms with Gasteiger partial charge in [-0.3, -0.25) is 0 Å². The molecule has 4 nitrogen and oxygen atoms in total. The Kier molecular flexibility index (Phi) is 4.13. The fourth-order valence-electron chi connectivity index (χ4n) is 4.65. The third-order valence-corrected chi connectivity index (χ3v) is 6.34. The van der Waals surface area contributed by atoms with E-state index < -0.39 is 0 Å². The van der Waals surface area contributed by atoms with Crippen molar-refractivity contribution >= 4 is 32.8 Å². The molecule has 0 amide bonds. The van der Waals surface area contributed by atoms with Crippen molar-refractivity contribution in [1.29, 1.82) is 0 Å². The van der Waals surface area contributed by atoms with Gasteiger partial charge in [0.1, 0.15) is 5.82 Å². The Hall–Kier alpha value is -3.11. The Balaban J connectivity index is 1.56. The molecule has 0 saturated heterocycles. The Bertz CT molecular complexity index is 1370. The topological polar surface area (TPSA) is 32.0 Å². The smallest absolute Gasteiger partial charge is 0.141 e. The number of methoxy groups -OCH3 is 1. The molecular formula is C26H25N3O. The molecule has 0 aliphatic heterocycles. The van der Waals surface area contributed by atoms with Crippen LogP contribution < -0.4 is 0 Å². The minimum absolute atomic E-state index is 0.663. The van der Waals surface area contributed by atoms with E-state index in [2.05, 4.69) is 75.9 Å². The molecular weight excluding hydrogens is 370 g/mol. The lowest BCUT2D eigenvalue weighted by atomic mass is 10.1. The van der Waals surface area contributed by atoms with Crippen molar-refractivity contribution < 1.29 is 4.74 Å². The normalized spacial score (nSPS) is 14.3. The van der Waals surface area contributed by atoms with Gasteiger partial charge >= 0.3 is 0 Å². The van der Waals surface area contributed by atoms with Crippen LogP contribution in [0, 0.1) is 5.92 Å². The SMILES string of the molecule is COCCn1c(-c2ccc3c(c2)c2ccccc2n3CC2CC2)nc2ccccc21. The first-order valence-corrected chi connectivity index (χ1v) is 10.8. The highest BCUT2D eigenvalue weighted by molar-refractivity contribution is 6.09. The van der Waals surface area contributed by atoms with Crippen LogP contribution in [0.3, 0.4) is 0 Å². The molecule has 0 N–H and O–H groups in total. The van der Waals surface area contributed by atoms with Gasteiger partial charge in [-0.05, 0) is 55.2 Å². The van der Waals surface area contributed by atoms with E-state index in [9.17, 15) is 0 Å². The first kappa shape index (κ1) is 17.7. The minimum Gasteiger partial charge on any atom is -0.383 e. The Morgan fingerprint density at radius 3 is 2.47 bits per heavy atom. The zero-order chi connectivity index (χ0) is 20.1. The standard InChI is InChI=1S/C26H25N3O/c1-30-15-14-28-25-9-5-3-7-22(25)27-26(28)19-12-13-24-21(16-19)20-6-2-4-8-23(20)29(24)17-18-10-11-18/h2-9,12-13,16,18H,10-11,14-15,17H2,1H3. The van der Waals surface area contributed by atoms with Crippen LogP contribution in [-0.4, -0.2) is 27.8 Å². The number of imidazole rings is 1. The van der Waals surface area contributed by atoms with E-state index in [1.54, 1.807) is 7.11 Å². The number of fused-ring (bicyclic) bond motifs is 4. The summed E-state index contributed by atoms with van der Waals surface area (Å²) < 4.78 is 10.2. The number of benzene rings is 3. The molecule has 1 aliphatic carbocycles. The van der Waals surface area contributed by atoms with Crippen LogP contribution >= 0.6 is 0 Å². The van der Waals surface area contributed by atoms with E-state index in [4.69, 9.17) is 9.72 Å². The predicted octanol–water partition coefficient (Wildman–Crippen LogP) is 5.87. The largest absolute Gasteiger partial charge is 0.383 e. The molecule has 2 heterocycles. The van der Waals surface area contributed by atoms with Gasteiger partial charge in [0.05, 0.1) is 17.6 Å². The minimum atomic E-state index is 0.663. The molecule has 0 radical (unpaired) electrons. The number of para-hydroxylation sites is 3. The van der Waals surface area contributed by atoms with Gasteiger partial charge in [0.15, 0.2) is 0 Å². The van der Waals surface area contributed by atoms with Crippen molar-refractivity contribution in [2.24, 2.45) is 5.92 Å². The first-order chi connectivity index (χ1) is 14.8. The molecule has 6 rings (SSSR count). The highest BCUT2D eigenvalue weighted by atomic mass is 16.5. The second-order valence-corrected chi connectivity index (χ2v) is 8.37. The number of hydrogen-bond acceptors (Lipinski definition) is 2. The molecule has 2 aromatic heterocycles. The quantitative estimate of drug-likeness (QED) is 0.360. The number of nitrogens with zero attached hydrogens (tertiary/aromatic N) is 3. The van der Waals surface area contributed by atoms with Crippen molar-refractivity contribution in [3.63, 3.8) is 0 Å². The van der Waals surface area contributed by atoms with Crippen LogP contribution in [0.4, 0.5) is 0 Å². The predicted molar refractivity (Wildman–Crippen MR) is 123 cm³/mol. The number of aromatic nitrogens is 3. The highest BCUT2D eigenvalue weighted by Gasteiger charge is 2.24. The maximum absolute atomic E-state index is 5.38. The van der Waals surface area contributed by atoms with Gasteiger partial charge in [0.2, 0.25) is 0 Å². The molecule has 1 aliphatic rings. The van der Waals surface area contributed by atoms with Crippen LogP contribution in [0.25, 0.3) is 44.2 Å². The average Bonchev–Trinajstić information content (AvgIpc) is 3.46. The zero-order valence-corrected chi connectivity index (χ0v) is 17.2. The maximum Gasteiger partial charge on any atom is 0.141 e. The number of hydrogen-bond donors (Lipinski definition) is 0. The molecule has 30 heavy (non-hydrogen) atoms. The van der Waals surface area contributed by atoms with Gasteiger partial charge in [-0.25, -0.2) is 4.98 Å². The molecule has 150 valence electrons. The second kappa shape index (κ2) is 6.99. The maximum atomic E-state index is 5.38. The molecule has 0 unspecified atom stereocenters. The van der Waals surface area contributed by atoms with E-state index in [-0.39, 0.29) is 0 Å². The molecule has 5 aromatic rings. The third-order valence-electron chi connectivity index (χ3n) is 6.34. The van der Waals surface area contributed by atoms with Gasteiger partial charge in [-0.1, -0.05) is 30.3 Å². The molecule has 0 spiro atoms. The molecule has 1 saturated carbocycles. The lowest BCUT2D eigenvalue weighted by molar-refractivity contribution is 0.188. The molecule has 3 aromatic carbocycles. The number of ether oxygens (including phenoxy) is 1. The summed E-state index contributed by atoms with van der Waals surface area (Å²) in [6.07, 6.45) is 2.71. The summed E-state index contributed by atoms with van der Waals surface area (Å²) in [7, 11) is 1.75. The van der Waals surface area contributed by atoms with Crippen LogP contribution in [0.2, 0.25) is 0 Å². The first-order valence-electron chi connectivity index (χ1n) is 10.8. The van der Waals surface area contributed by atoms with Crippen molar-refractivity contribution in [2.45, 2.75) is 25.9 Å². The third kappa shape index (κ3) is 2.83. The number of rotatable bonds is 6. The summed E-state index contributed by atoms with van der Waals surface area (Å²) in [5.41, 5.74) is 6.00. The van der Waals surface area contributed by atoms with Crippen molar-refractivity contribution in [2.75, 3.05) is 13.7 Å². The second-order valence-electron chi connectivity index (χ2n) is 8.37. The van der Waals surface area contributed by atoms with Crippen molar-refractivity contribution in [3.05, 3.63) is 66.7 Å². The van der Waals surface area contributed by atoms with Crippen LogP contribution in [0.5, 0.6) is 0 Å². The van der Waals surface area contributed by atoms with E-state index in [0.717, 1.165) is 41.4 Å². The Morgan fingerprint density at radius 2 is 1.63 bits per heavy atom. The van der Waals surface area contributed by atoms with Gasteiger partial charge < -0.3 is 13.9 Å². The van der Waals surface area contributed by atoms with Crippen molar-refractivity contribution in [1.82, 2.24) is 14.1 Å². The monoisotopic (exact) mass is 395 g/mol. The van der Waals surface area contributed by atoms with Gasteiger partial charge in [0, 0.05) is 47.6 Å². The van der Waals surface area contributed by atoms with E-state index in [1.165, 1.54) is 34.6 Å². The summed E-state index contributed by atoms with van der Waals surface area (Å²) in [6, 6.07) is 24.0. The summed E-state index contributed by atoms with van der Waals surface area (Å²) >= 11 is 0. The molecule has 1 fully saturated rings. The fourth-order valence-corrected chi connectivity index (χ4v) is 4.65. The van der Waals surface area contributed by atoms with Crippen molar-refractivity contribution in [3.8, 4) is 11.4 Å². The van der Waals surface area contributed by atoms with Crippen LogP contribution in [-0.2, 0) is 17.8 Å². The lowest BCUT2D eigenvalue weighted by Gasteiger charge is -2.10. The summed E-state index contributed by atoms with van der Waals surface area (Å²) in [5.74, 6) is 1.84. The van der Waals surface area contributed by atoms with Gasteiger partial charge in [-0.2, -0.15) is 0 Å². The summed E-state index contributed by atoms with van der Waals surface area (Å²) in [6.45, 7) is 2.57. The van der Waals surface area contributed by atoms with Crippen LogP contribution in [0.15, 0.2) is 66.7 Å². The van der Waals surface area contributed by atoms with E-state index in [1.807, 2.05) is 0 Å². The average molecular weight is 396 g/mol. The fraction of sp³-hybridized carbons (Fsp3) is 0.269. The highest BCUT2D eigenvalue weighted by Crippen LogP contribution is 2.37. The van der Waals surface area contributed by atoms with E-state index >= 15 is 0 Å². The summed E-state index contributed by atoms with van der Waals surface area (Å²) in [4.78, 5) is 4.99. The van der Waals surface area contributed by atoms with E-state index in [0.29, 0.717) is 6.61 Å². The lowest BCUT2D eigenvalue weighted by Crippen LogP contribution is -2.06. The molecule has 4 heteroatoms. The van der Waals surface area contributed by atoms with Gasteiger partial charge in [-0.15, -0.1) is 0 Å². The summed E-state index contributed by atoms with van der Waals surface area (Å²) in [5, 5.41) is 2.64. The molecule has 0 bridgehead atoms. The van der Waals surface area contributed by atoms with Gasteiger partial charge in [0.25, 0.3) is 0 Å². The Morgan fingerprint density at radius 1 is 0.867 bits per heavy atom.